The Morgan fingerprint density at radius 3 is 2.83 bits per heavy atom. The molecule has 2 rings (SSSR count). The number of hydrogen-bond donors (Lipinski definition) is 1. The molecule has 1 aliphatic rings. The summed E-state index contributed by atoms with van der Waals surface area (Å²) in [5, 5.41) is 3.49. The summed E-state index contributed by atoms with van der Waals surface area (Å²) in [6, 6.07) is 11.4. The van der Waals surface area contributed by atoms with Gasteiger partial charge in [-0.3, -0.25) is 4.90 Å². The number of rotatable bonds is 5. The summed E-state index contributed by atoms with van der Waals surface area (Å²) in [5.41, 5.74) is 1.45. The van der Waals surface area contributed by atoms with Crippen LogP contribution in [-0.4, -0.2) is 31.1 Å². The normalized spacial score (nSPS) is 22.9. The van der Waals surface area contributed by atoms with E-state index >= 15 is 0 Å². The fraction of sp³-hybridized carbons (Fsp3) is 0.625. The van der Waals surface area contributed by atoms with Crippen molar-refractivity contribution < 1.29 is 0 Å². The second kappa shape index (κ2) is 6.91. The Balaban J connectivity index is 1.92. The Bertz CT molecular complexity index is 336. The predicted octanol–water partition coefficient (Wildman–Crippen LogP) is 3.07. The third kappa shape index (κ3) is 3.56. The minimum Gasteiger partial charge on any atom is -0.317 e. The van der Waals surface area contributed by atoms with Crippen LogP contribution in [0, 0.1) is 5.92 Å². The molecule has 2 atom stereocenters. The molecule has 1 aliphatic heterocycles. The van der Waals surface area contributed by atoms with Crippen molar-refractivity contribution in [1.29, 1.82) is 0 Å². The maximum atomic E-state index is 3.49. The fourth-order valence-electron chi connectivity index (χ4n) is 2.91. The van der Waals surface area contributed by atoms with Gasteiger partial charge in [0.25, 0.3) is 0 Å². The lowest BCUT2D eigenvalue weighted by Gasteiger charge is -2.37. The number of hydrogen-bond acceptors (Lipinski definition) is 2. The lowest BCUT2D eigenvalue weighted by atomic mass is 9.95. The van der Waals surface area contributed by atoms with Crippen molar-refractivity contribution in [2.45, 2.75) is 32.7 Å². The van der Waals surface area contributed by atoms with Crippen molar-refractivity contribution in [2.75, 3.05) is 26.2 Å². The molecule has 1 heterocycles. The van der Waals surface area contributed by atoms with Crippen molar-refractivity contribution in [3.05, 3.63) is 35.9 Å². The number of benzene rings is 1. The second-order valence-corrected chi connectivity index (χ2v) is 5.40. The van der Waals surface area contributed by atoms with Crippen molar-refractivity contribution in [3.63, 3.8) is 0 Å². The minimum absolute atomic E-state index is 0.552. The van der Waals surface area contributed by atoms with Gasteiger partial charge < -0.3 is 5.32 Å². The molecule has 0 amide bonds. The Hall–Kier alpha value is -0.860. The zero-order valence-electron chi connectivity index (χ0n) is 11.7. The van der Waals surface area contributed by atoms with E-state index in [2.05, 4.69) is 54.4 Å². The van der Waals surface area contributed by atoms with Gasteiger partial charge in [0.15, 0.2) is 0 Å². The van der Waals surface area contributed by atoms with Crippen LogP contribution in [-0.2, 0) is 0 Å². The van der Waals surface area contributed by atoms with Gasteiger partial charge >= 0.3 is 0 Å². The van der Waals surface area contributed by atoms with Crippen LogP contribution in [0.5, 0.6) is 0 Å². The van der Waals surface area contributed by atoms with E-state index in [-0.39, 0.29) is 0 Å². The van der Waals surface area contributed by atoms with Gasteiger partial charge in [-0.1, -0.05) is 37.3 Å². The zero-order valence-corrected chi connectivity index (χ0v) is 11.7. The van der Waals surface area contributed by atoms with Gasteiger partial charge in [0, 0.05) is 12.6 Å². The van der Waals surface area contributed by atoms with Gasteiger partial charge in [0.2, 0.25) is 0 Å². The third-order valence-electron chi connectivity index (χ3n) is 4.06. The summed E-state index contributed by atoms with van der Waals surface area (Å²) in [4.78, 5) is 2.64. The first-order valence-electron chi connectivity index (χ1n) is 7.31. The van der Waals surface area contributed by atoms with Crippen LogP contribution < -0.4 is 5.32 Å². The van der Waals surface area contributed by atoms with Crippen LogP contribution in [0.15, 0.2) is 30.3 Å². The molecule has 100 valence electrons. The Morgan fingerprint density at radius 2 is 2.11 bits per heavy atom. The molecule has 1 aromatic carbocycles. The standard InChI is InChI=1S/C16H26N2/c1-3-17-12-15-8-7-11-18(13-15)14(2)16-9-5-4-6-10-16/h4-6,9-10,14-15,17H,3,7-8,11-13H2,1-2H3. The molecule has 1 N–H and O–H groups in total. The number of nitrogens with one attached hydrogen (secondary N) is 1. The summed E-state index contributed by atoms with van der Waals surface area (Å²) in [6.07, 6.45) is 2.72. The van der Waals surface area contributed by atoms with Gasteiger partial charge in [-0.25, -0.2) is 0 Å². The molecule has 1 fully saturated rings. The average molecular weight is 246 g/mol. The molecule has 0 spiro atoms. The van der Waals surface area contributed by atoms with E-state index in [1.165, 1.54) is 38.0 Å². The molecular weight excluding hydrogens is 220 g/mol. The summed E-state index contributed by atoms with van der Waals surface area (Å²) in [7, 11) is 0. The highest BCUT2D eigenvalue weighted by molar-refractivity contribution is 5.18. The fourth-order valence-corrected chi connectivity index (χ4v) is 2.91. The van der Waals surface area contributed by atoms with Gasteiger partial charge in [-0.15, -0.1) is 0 Å². The zero-order chi connectivity index (χ0) is 12.8. The summed E-state index contributed by atoms with van der Waals surface area (Å²) in [5.74, 6) is 0.824. The van der Waals surface area contributed by atoms with E-state index in [1.807, 2.05) is 0 Å². The molecule has 1 aromatic rings. The Labute approximate surface area is 111 Å². The number of nitrogens with zero attached hydrogens (tertiary/aromatic N) is 1. The summed E-state index contributed by atoms with van der Waals surface area (Å²) >= 11 is 0. The molecule has 0 bridgehead atoms. The molecule has 2 heteroatoms. The molecular formula is C16H26N2. The van der Waals surface area contributed by atoms with E-state index < -0.39 is 0 Å². The monoisotopic (exact) mass is 246 g/mol. The third-order valence-corrected chi connectivity index (χ3v) is 4.06. The molecule has 0 aliphatic carbocycles. The largest absolute Gasteiger partial charge is 0.317 e. The lowest BCUT2D eigenvalue weighted by Crippen LogP contribution is -2.40. The molecule has 0 aromatic heterocycles. The SMILES string of the molecule is CCNCC1CCCN(C(C)c2ccccc2)C1. The van der Waals surface area contributed by atoms with E-state index in [4.69, 9.17) is 0 Å². The molecule has 1 saturated heterocycles. The predicted molar refractivity (Wildman–Crippen MR) is 77.7 cm³/mol. The average Bonchev–Trinajstić information content (AvgIpc) is 2.45. The van der Waals surface area contributed by atoms with Crippen LogP contribution in [0.1, 0.15) is 38.3 Å². The molecule has 18 heavy (non-hydrogen) atoms. The first-order valence-corrected chi connectivity index (χ1v) is 7.31. The number of piperidine rings is 1. The summed E-state index contributed by atoms with van der Waals surface area (Å²) in [6.45, 7) is 9.28. The topological polar surface area (TPSA) is 15.3 Å². The highest BCUT2D eigenvalue weighted by Gasteiger charge is 2.23. The first-order chi connectivity index (χ1) is 8.81. The quantitative estimate of drug-likeness (QED) is 0.859. The lowest BCUT2D eigenvalue weighted by molar-refractivity contribution is 0.131. The Kier molecular flexibility index (Phi) is 5.21. The summed E-state index contributed by atoms with van der Waals surface area (Å²) < 4.78 is 0. The molecule has 2 nitrogen and oxygen atoms in total. The first kappa shape index (κ1) is 13.6. The van der Waals surface area contributed by atoms with Crippen molar-refractivity contribution in [1.82, 2.24) is 10.2 Å². The molecule has 2 unspecified atom stereocenters. The van der Waals surface area contributed by atoms with Gasteiger partial charge in [-0.2, -0.15) is 0 Å². The van der Waals surface area contributed by atoms with Crippen LogP contribution in [0.25, 0.3) is 0 Å². The minimum atomic E-state index is 0.552. The van der Waals surface area contributed by atoms with E-state index in [9.17, 15) is 0 Å². The van der Waals surface area contributed by atoms with Crippen molar-refractivity contribution in [2.24, 2.45) is 5.92 Å². The molecule has 0 radical (unpaired) electrons. The maximum Gasteiger partial charge on any atom is 0.0320 e. The van der Waals surface area contributed by atoms with E-state index in [0.717, 1.165) is 12.5 Å². The van der Waals surface area contributed by atoms with Crippen LogP contribution >= 0.6 is 0 Å². The van der Waals surface area contributed by atoms with Crippen LogP contribution in [0.2, 0.25) is 0 Å². The van der Waals surface area contributed by atoms with Crippen LogP contribution in [0.4, 0.5) is 0 Å². The number of likely N-dealkylation sites (tertiary alicyclic amines) is 1. The van der Waals surface area contributed by atoms with Crippen LogP contribution in [0.3, 0.4) is 0 Å². The van der Waals surface area contributed by atoms with Gasteiger partial charge in [0.05, 0.1) is 0 Å². The van der Waals surface area contributed by atoms with E-state index in [1.54, 1.807) is 0 Å². The molecule has 0 saturated carbocycles. The maximum absolute atomic E-state index is 3.49. The second-order valence-electron chi connectivity index (χ2n) is 5.40. The smallest absolute Gasteiger partial charge is 0.0320 e. The van der Waals surface area contributed by atoms with E-state index in [0.29, 0.717) is 6.04 Å². The highest BCUT2D eigenvalue weighted by Crippen LogP contribution is 2.26. The Morgan fingerprint density at radius 1 is 1.33 bits per heavy atom. The van der Waals surface area contributed by atoms with Crippen molar-refractivity contribution in [3.8, 4) is 0 Å². The van der Waals surface area contributed by atoms with Gasteiger partial charge in [0.1, 0.15) is 0 Å². The van der Waals surface area contributed by atoms with Crippen molar-refractivity contribution >= 4 is 0 Å². The van der Waals surface area contributed by atoms with Gasteiger partial charge in [-0.05, 0) is 50.9 Å². The highest BCUT2D eigenvalue weighted by atomic mass is 15.2.